The summed E-state index contributed by atoms with van der Waals surface area (Å²) < 4.78 is 5.75. The molecule has 0 aliphatic carbocycles. The first-order valence-corrected chi connectivity index (χ1v) is 12.1. The van der Waals surface area contributed by atoms with E-state index < -0.39 is 6.89 Å². The molecule has 0 radical (unpaired) electrons. The van der Waals surface area contributed by atoms with Crippen LogP contribution < -0.4 is 5.30 Å². The van der Waals surface area contributed by atoms with Crippen LogP contribution in [0.2, 0.25) is 0 Å². The minimum atomic E-state index is -1.21. The summed E-state index contributed by atoms with van der Waals surface area (Å²) in [5.41, 5.74) is 1.34. The van der Waals surface area contributed by atoms with Crippen molar-refractivity contribution in [1.29, 1.82) is 0 Å². The third-order valence-corrected chi connectivity index (χ3v) is 8.88. The molecule has 0 saturated heterocycles. The molecule has 4 rings (SSSR count). The van der Waals surface area contributed by atoms with Gasteiger partial charge >= 0.3 is 0 Å². The highest BCUT2D eigenvalue weighted by Crippen LogP contribution is 2.45. The number of fused-ring (bicyclic) bond motifs is 3. The lowest BCUT2D eigenvalue weighted by atomic mass is 10.2. The van der Waals surface area contributed by atoms with Crippen LogP contribution in [0.5, 0.6) is 0 Å². The molecule has 0 atom stereocenters. The Labute approximate surface area is 136 Å². The summed E-state index contributed by atoms with van der Waals surface area (Å²) in [5, 5.41) is 3.59. The molecule has 0 unspecified atom stereocenters. The molecule has 3 aromatic heterocycles. The van der Waals surface area contributed by atoms with Crippen LogP contribution in [0.3, 0.4) is 0 Å². The van der Waals surface area contributed by atoms with Crippen LogP contribution in [0.4, 0.5) is 0 Å². The molecule has 4 heteroatoms. The van der Waals surface area contributed by atoms with Crippen molar-refractivity contribution in [2.75, 3.05) is 13.3 Å². The summed E-state index contributed by atoms with van der Waals surface area (Å²) in [4.78, 5) is 1.38. The Hall–Kier alpha value is -0.860. The second kappa shape index (κ2) is 4.82. The zero-order valence-electron chi connectivity index (χ0n) is 11.9. The number of hydrogen-bond donors (Lipinski definition) is 0. The van der Waals surface area contributed by atoms with Gasteiger partial charge in [0.2, 0.25) is 0 Å². The lowest BCUT2D eigenvalue weighted by Gasteiger charge is -2.13. The summed E-state index contributed by atoms with van der Waals surface area (Å²) in [5.74, 6) is 0. The minimum absolute atomic E-state index is 1.21. The van der Waals surface area contributed by atoms with Crippen LogP contribution in [0.15, 0.2) is 41.8 Å². The van der Waals surface area contributed by atoms with E-state index in [2.05, 4.69) is 61.4 Å². The Balaban J connectivity index is 1.89. The van der Waals surface area contributed by atoms with Gasteiger partial charge in [0.25, 0.3) is 0 Å². The fourth-order valence-electron chi connectivity index (χ4n) is 2.45. The molecule has 0 aliphatic rings. The second-order valence-corrected chi connectivity index (χ2v) is 12.7. The second-order valence-electron chi connectivity index (χ2n) is 5.76. The molecule has 0 nitrogen and oxygen atoms in total. The van der Waals surface area contributed by atoms with Gasteiger partial charge in [0, 0.05) is 14.3 Å². The SMILES string of the molecule is C=P(C)(C)c1cccc(-c2cc3sc4ccsc4c3s2)c1. The highest BCUT2D eigenvalue weighted by atomic mass is 32.1. The highest BCUT2D eigenvalue weighted by Gasteiger charge is 2.12. The standard InChI is InChI=1S/C17H15PS3/c1-18(2,3)12-6-4-5-11(9-12)14-10-15-17(21-14)16-13(20-15)7-8-19-16/h4-10H,1H2,2-3H3. The van der Waals surface area contributed by atoms with Crippen LogP contribution in [-0.2, 0) is 0 Å². The van der Waals surface area contributed by atoms with Crippen LogP contribution in [-0.4, -0.2) is 19.6 Å². The van der Waals surface area contributed by atoms with Crippen molar-refractivity contribution in [3.05, 3.63) is 41.8 Å². The smallest absolute Gasteiger partial charge is 0.0635 e. The third kappa shape index (κ3) is 2.33. The van der Waals surface area contributed by atoms with Gasteiger partial charge in [-0.2, -0.15) is 0 Å². The average molecular weight is 346 g/mol. The molecular formula is C17H15PS3. The monoisotopic (exact) mass is 346 g/mol. The zero-order chi connectivity index (χ0) is 14.6. The van der Waals surface area contributed by atoms with E-state index in [1.54, 1.807) is 0 Å². The van der Waals surface area contributed by atoms with Crippen molar-refractivity contribution in [3.8, 4) is 10.4 Å². The van der Waals surface area contributed by atoms with E-state index in [1.165, 1.54) is 34.5 Å². The van der Waals surface area contributed by atoms with E-state index in [0.717, 1.165) is 0 Å². The molecule has 0 bridgehead atoms. The zero-order valence-corrected chi connectivity index (χ0v) is 15.3. The first kappa shape index (κ1) is 13.8. The van der Waals surface area contributed by atoms with Crippen molar-refractivity contribution in [2.24, 2.45) is 0 Å². The molecule has 1 aromatic carbocycles. The van der Waals surface area contributed by atoms with E-state index in [0.29, 0.717) is 0 Å². The van der Waals surface area contributed by atoms with Crippen molar-refractivity contribution >= 4 is 71.3 Å². The van der Waals surface area contributed by atoms with E-state index in [4.69, 9.17) is 0 Å². The van der Waals surface area contributed by atoms with Crippen molar-refractivity contribution < 1.29 is 0 Å². The largest absolute Gasteiger partial charge is 0.141 e. The number of hydrogen-bond acceptors (Lipinski definition) is 3. The van der Waals surface area contributed by atoms with E-state index in [9.17, 15) is 0 Å². The van der Waals surface area contributed by atoms with Gasteiger partial charge in [-0.05, 0) is 47.8 Å². The van der Waals surface area contributed by atoms with Crippen LogP contribution in [0.1, 0.15) is 0 Å². The molecule has 4 aromatic rings. The molecule has 21 heavy (non-hydrogen) atoms. The van der Waals surface area contributed by atoms with E-state index in [1.807, 2.05) is 34.0 Å². The van der Waals surface area contributed by atoms with E-state index in [-0.39, 0.29) is 0 Å². The van der Waals surface area contributed by atoms with E-state index >= 15 is 0 Å². The van der Waals surface area contributed by atoms with Gasteiger partial charge in [-0.1, -0.05) is 31.4 Å². The first-order valence-electron chi connectivity index (χ1n) is 6.71. The van der Waals surface area contributed by atoms with Gasteiger partial charge in [-0.3, -0.25) is 0 Å². The van der Waals surface area contributed by atoms with Crippen LogP contribution in [0, 0.1) is 0 Å². The lowest BCUT2D eigenvalue weighted by Crippen LogP contribution is -2.02. The summed E-state index contributed by atoms with van der Waals surface area (Å²) in [6, 6.07) is 13.5. The average Bonchev–Trinajstić information content (AvgIpc) is 3.08. The van der Waals surface area contributed by atoms with Gasteiger partial charge in [0.15, 0.2) is 0 Å². The highest BCUT2D eigenvalue weighted by molar-refractivity contribution is 7.79. The summed E-state index contributed by atoms with van der Waals surface area (Å²) in [7, 11) is 0. The van der Waals surface area contributed by atoms with Crippen molar-refractivity contribution in [2.45, 2.75) is 0 Å². The summed E-state index contributed by atoms with van der Waals surface area (Å²) in [6.45, 7) is 3.34. The molecule has 106 valence electrons. The summed E-state index contributed by atoms with van der Waals surface area (Å²) >= 11 is 5.69. The maximum absolute atomic E-state index is 4.36. The normalized spacial score (nSPS) is 12.5. The lowest BCUT2D eigenvalue weighted by molar-refractivity contribution is 1.75. The fourth-order valence-corrected chi connectivity index (χ4v) is 7.19. The van der Waals surface area contributed by atoms with Crippen LogP contribution >= 0.6 is 40.9 Å². The Kier molecular flexibility index (Phi) is 3.16. The molecular weight excluding hydrogens is 331 g/mol. The third-order valence-electron chi connectivity index (χ3n) is 3.58. The van der Waals surface area contributed by atoms with Gasteiger partial charge < -0.3 is 0 Å². The topological polar surface area (TPSA) is 0 Å². The molecule has 0 aliphatic heterocycles. The fraction of sp³-hybridized carbons (Fsp3) is 0.118. The molecule has 3 heterocycles. The predicted octanol–water partition coefficient (Wildman–Crippen LogP) is 6.18. The van der Waals surface area contributed by atoms with Gasteiger partial charge in [0.05, 0.1) is 9.40 Å². The van der Waals surface area contributed by atoms with Gasteiger partial charge in [-0.25, -0.2) is 0 Å². The maximum atomic E-state index is 4.36. The van der Waals surface area contributed by atoms with Gasteiger partial charge in [0.1, 0.15) is 0 Å². The van der Waals surface area contributed by atoms with Gasteiger partial charge in [-0.15, -0.1) is 34.0 Å². The Morgan fingerprint density at radius 1 is 0.952 bits per heavy atom. The molecule has 0 amide bonds. The summed E-state index contributed by atoms with van der Waals surface area (Å²) in [6.07, 6.45) is 4.36. The quantitative estimate of drug-likeness (QED) is 0.380. The Morgan fingerprint density at radius 2 is 1.81 bits per heavy atom. The Morgan fingerprint density at radius 3 is 2.62 bits per heavy atom. The maximum Gasteiger partial charge on any atom is 0.0635 e. The molecule has 0 N–H and O–H groups in total. The number of rotatable bonds is 2. The minimum Gasteiger partial charge on any atom is -0.141 e. The number of benzene rings is 1. The number of thiophene rings is 3. The van der Waals surface area contributed by atoms with Crippen molar-refractivity contribution in [1.82, 2.24) is 0 Å². The molecule has 0 saturated carbocycles. The molecule has 0 fully saturated rings. The first-order chi connectivity index (χ1) is 10.0. The predicted molar refractivity (Wildman–Crippen MR) is 106 cm³/mol. The van der Waals surface area contributed by atoms with Crippen LogP contribution in [0.25, 0.3) is 29.2 Å². The Bertz CT molecular complexity index is 993. The van der Waals surface area contributed by atoms with Crippen molar-refractivity contribution in [3.63, 3.8) is 0 Å². The molecule has 0 spiro atoms.